The summed E-state index contributed by atoms with van der Waals surface area (Å²) in [6, 6.07) is 6.31. The van der Waals surface area contributed by atoms with Crippen molar-refractivity contribution in [3.8, 4) is 5.75 Å². The van der Waals surface area contributed by atoms with Gasteiger partial charge in [0.05, 0.1) is 11.0 Å². The molecule has 2 N–H and O–H groups in total. The molecule has 0 heterocycles. The van der Waals surface area contributed by atoms with Gasteiger partial charge in [-0.15, -0.1) is 0 Å². The molecule has 0 unspecified atom stereocenters. The minimum Gasteiger partial charge on any atom is -0.491 e. The van der Waals surface area contributed by atoms with Crippen LogP contribution in [0.4, 0.5) is 0 Å². The fourth-order valence-corrected chi connectivity index (χ4v) is 2.38. The predicted octanol–water partition coefficient (Wildman–Crippen LogP) is 1.94. The van der Waals surface area contributed by atoms with Crippen molar-refractivity contribution in [1.29, 1.82) is 0 Å². The van der Waals surface area contributed by atoms with Gasteiger partial charge >= 0.3 is 0 Å². The van der Waals surface area contributed by atoms with Crippen LogP contribution in [0.3, 0.4) is 0 Å². The molecule has 0 aliphatic rings. The Morgan fingerprint density at radius 2 is 1.65 bits per heavy atom. The summed E-state index contributed by atoms with van der Waals surface area (Å²) in [6.07, 6.45) is 0.0587. The van der Waals surface area contributed by atoms with E-state index in [1.165, 1.54) is 26.0 Å². The highest BCUT2D eigenvalue weighted by Crippen LogP contribution is 2.23. The van der Waals surface area contributed by atoms with Gasteiger partial charge in [0.15, 0.2) is 9.84 Å². The van der Waals surface area contributed by atoms with Gasteiger partial charge in [0, 0.05) is 0 Å². The molecule has 5 heteroatoms. The first-order chi connectivity index (χ1) is 7.64. The lowest BCUT2D eigenvalue weighted by molar-refractivity contribution is 0.242. The van der Waals surface area contributed by atoms with E-state index in [2.05, 4.69) is 0 Å². The zero-order chi connectivity index (χ0) is 13.3. The average molecular weight is 257 g/mol. The first-order valence-electron chi connectivity index (χ1n) is 5.45. The molecule has 17 heavy (non-hydrogen) atoms. The standard InChI is InChI=1S/C12H19NO3S/c1-9(2)16-10-5-7-11(8-6-10)17(14,15)12(3,4)13/h5-9H,13H2,1-4H3. The van der Waals surface area contributed by atoms with Crippen LogP contribution < -0.4 is 10.5 Å². The van der Waals surface area contributed by atoms with Crippen molar-refractivity contribution in [2.45, 2.75) is 43.6 Å². The predicted molar refractivity (Wildman–Crippen MR) is 67.7 cm³/mol. The minimum atomic E-state index is -3.50. The number of rotatable bonds is 4. The molecule has 0 aliphatic heterocycles. The van der Waals surface area contributed by atoms with Gasteiger partial charge in [-0.05, 0) is 52.0 Å². The van der Waals surface area contributed by atoms with E-state index < -0.39 is 14.7 Å². The van der Waals surface area contributed by atoms with Crippen LogP contribution in [0.1, 0.15) is 27.7 Å². The number of benzene rings is 1. The monoisotopic (exact) mass is 257 g/mol. The first-order valence-corrected chi connectivity index (χ1v) is 6.93. The normalized spacial score (nSPS) is 12.8. The summed E-state index contributed by atoms with van der Waals surface area (Å²) in [5, 5.41) is 0. The van der Waals surface area contributed by atoms with E-state index >= 15 is 0 Å². The molecule has 0 atom stereocenters. The van der Waals surface area contributed by atoms with Crippen molar-refractivity contribution in [3.63, 3.8) is 0 Å². The molecular weight excluding hydrogens is 238 g/mol. The molecule has 1 aromatic carbocycles. The Kier molecular flexibility index (Phi) is 3.84. The lowest BCUT2D eigenvalue weighted by Crippen LogP contribution is -2.41. The van der Waals surface area contributed by atoms with Crippen LogP contribution in [0.15, 0.2) is 29.2 Å². The highest BCUT2D eigenvalue weighted by molar-refractivity contribution is 7.92. The number of hydrogen-bond acceptors (Lipinski definition) is 4. The van der Waals surface area contributed by atoms with Crippen molar-refractivity contribution in [3.05, 3.63) is 24.3 Å². The van der Waals surface area contributed by atoms with E-state index in [0.717, 1.165) is 0 Å². The summed E-state index contributed by atoms with van der Waals surface area (Å²) in [5.41, 5.74) is 5.64. The topological polar surface area (TPSA) is 69.4 Å². The van der Waals surface area contributed by atoms with Crippen molar-refractivity contribution in [2.24, 2.45) is 5.73 Å². The van der Waals surface area contributed by atoms with Crippen LogP contribution >= 0.6 is 0 Å². The van der Waals surface area contributed by atoms with Gasteiger partial charge in [-0.25, -0.2) is 8.42 Å². The molecule has 96 valence electrons. The Morgan fingerprint density at radius 1 is 1.18 bits per heavy atom. The van der Waals surface area contributed by atoms with Crippen LogP contribution in [-0.2, 0) is 9.84 Å². The molecule has 0 radical (unpaired) electrons. The molecule has 0 aromatic heterocycles. The van der Waals surface area contributed by atoms with Gasteiger partial charge in [-0.1, -0.05) is 0 Å². The van der Waals surface area contributed by atoms with Crippen molar-refractivity contribution < 1.29 is 13.2 Å². The summed E-state index contributed by atoms with van der Waals surface area (Å²) in [5.74, 6) is 0.647. The number of ether oxygens (including phenoxy) is 1. The fourth-order valence-electron chi connectivity index (χ4n) is 1.27. The Bertz CT molecular complexity index is 469. The maximum absolute atomic E-state index is 12.0. The summed E-state index contributed by atoms with van der Waals surface area (Å²) in [4.78, 5) is -1.07. The highest BCUT2D eigenvalue weighted by Gasteiger charge is 2.31. The minimum absolute atomic E-state index is 0.0587. The summed E-state index contributed by atoms with van der Waals surface area (Å²) in [6.45, 7) is 6.77. The van der Waals surface area contributed by atoms with Crippen LogP contribution in [0.2, 0.25) is 0 Å². The van der Waals surface area contributed by atoms with E-state index in [1.807, 2.05) is 13.8 Å². The van der Waals surface area contributed by atoms with E-state index in [9.17, 15) is 8.42 Å². The zero-order valence-corrected chi connectivity index (χ0v) is 11.4. The highest BCUT2D eigenvalue weighted by atomic mass is 32.2. The van der Waals surface area contributed by atoms with E-state index in [1.54, 1.807) is 12.1 Å². The van der Waals surface area contributed by atoms with E-state index in [0.29, 0.717) is 5.75 Å². The number of hydrogen-bond donors (Lipinski definition) is 1. The van der Waals surface area contributed by atoms with Crippen molar-refractivity contribution >= 4 is 9.84 Å². The molecule has 0 saturated carbocycles. The fraction of sp³-hybridized carbons (Fsp3) is 0.500. The second kappa shape index (κ2) is 4.66. The summed E-state index contributed by atoms with van der Waals surface area (Å²) >= 11 is 0. The van der Waals surface area contributed by atoms with Crippen LogP contribution in [0.25, 0.3) is 0 Å². The maximum atomic E-state index is 12.0. The summed E-state index contributed by atoms with van der Waals surface area (Å²) in [7, 11) is -3.50. The third kappa shape index (κ3) is 3.20. The second-order valence-corrected chi connectivity index (χ2v) is 7.28. The summed E-state index contributed by atoms with van der Waals surface area (Å²) < 4.78 is 29.5. The molecule has 0 spiro atoms. The van der Waals surface area contributed by atoms with Crippen molar-refractivity contribution in [1.82, 2.24) is 0 Å². The van der Waals surface area contributed by atoms with Gasteiger partial charge in [0.25, 0.3) is 0 Å². The first kappa shape index (κ1) is 14.0. The molecule has 1 aromatic rings. The quantitative estimate of drug-likeness (QED) is 0.895. The number of nitrogens with two attached hydrogens (primary N) is 1. The SMILES string of the molecule is CC(C)Oc1ccc(S(=O)(=O)C(C)(C)N)cc1. The third-order valence-corrected chi connectivity index (χ3v) is 4.48. The Hall–Kier alpha value is -1.07. The Labute approximate surface area is 103 Å². The Morgan fingerprint density at radius 3 is 2.00 bits per heavy atom. The molecule has 4 nitrogen and oxygen atoms in total. The second-order valence-electron chi connectivity index (χ2n) is 4.74. The van der Waals surface area contributed by atoms with E-state index in [-0.39, 0.29) is 11.0 Å². The molecule has 0 fully saturated rings. The van der Waals surface area contributed by atoms with Crippen LogP contribution in [0.5, 0.6) is 5.75 Å². The third-order valence-electron chi connectivity index (χ3n) is 2.20. The molecule has 0 aliphatic carbocycles. The van der Waals surface area contributed by atoms with E-state index in [4.69, 9.17) is 10.5 Å². The lowest BCUT2D eigenvalue weighted by atomic mass is 10.3. The van der Waals surface area contributed by atoms with Gasteiger partial charge in [-0.3, -0.25) is 0 Å². The number of sulfone groups is 1. The van der Waals surface area contributed by atoms with Gasteiger partial charge in [-0.2, -0.15) is 0 Å². The zero-order valence-electron chi connectivity index (χ0n) is 10.6. The molecule has 0 saturated heterocycles. The van der Waals surface area contributed by atoms with Gasteiger partial charge < -0.3 is 10.5 Å². The van der Waals surface area contributed by atoms with Crippen LogP contribution in [-0.4, -0.2) is 19.4 Å². The molecule has 0 amide bonds. The van der Waals surface area contributed by atoms with Gasteiger partial charge in [0.1, 0.15) is 10.6 Å². The Balaban J connectivity index is 3.04. The molecule has 1 rings (SSSR count). The average Bonchev–Trinajstić information content (AvgIpc) is 2.15. The maximum Gasteiger partial charge on any atom is 0.196 e. The lowest BCUT2D eigenvalue weighted by Gasteiger charge is -2.19. The molecule has 0 bridgehead atoms. The van der Waals surface area contributed by atoms with Crippen LogP contribution in [0, 0.1) is 0 Å². The smallest absolute Gasteiger partial charge is 0.196 e. The molecular formula is C12H19NO3S. The van der Waals surface area contributed by atoms with Gasteiger partial charge in [0.2, 0.25) is 0 Å². The van der Waals surface area contributed by atoms with Crippen molar-refractivity contribution in [2.75, 3.05) is 0 Å². The largest absolute Gasteiger partial charge is 0.491 e.